The largest absolute Gasteiger partial charge is 0.392 e. The highest BCUT2D eigenvalue weighted by Crippen LogP contribution is 2.25. The first-order valence-corrected chi connectivity index (χ1v) is 8.76. The lowest BCUT2D eigenvalue weighted by Crippen LogP contribution is -2.43. The Morgan fingerprint density at radius 3 is 2.64 bits per heavy atom. The first-order chi connectivity index (χ1) is 11.7. The number of pyridine rings is 1. The summed E-state index contributed by atoms with van der Waals surface area (Å²) < 4.78 is 0. The molecule has 0 fully saturated rings. The molecule has 0 radical (unpaired) electrons. The van der Waals surface area contributed by atoms with Gasteiger partial charge in [-0.2, -0.15) is 0 Å². The topological polar surface area (TPSA) is 82.2 Å². The molecular formula is C20H28N2O3. The Bertz CT molecular complexity index is 793. The van der Waals surface area contributed by atoms with Crippen molar-refractivity contribution in [3.63, 3.8) is 0 Å². The van der Waals surface area contributed by atoms with Crippen LogP contribution in [0.15, 0.2) is 35.1 Å². The molecule has 0 aliphatic heterocycles. The maximum atomic E-state index is 12.1. The summed E-state index contributed by atoms with van der Waals surface area (Å²) in [6.45, 7) is 8.19. The highest BCUT2D eigenvalue weighted by atomic mass is 16.3. The fourth-order valence-corrected chi connectivity index (χ4v) is 3.05. The van der Waals surface area contributed by atoms with Gasteiger partial charge in [0.15, 0.2) is 0 Å². The number of nitrogens with one attached hydrogen (secondary N) is 2. The monoisotopic (exact) mass is 344 g/mol. The van der Waals surface area contributed by atoms with Gasteiger partial charge in [-0.1, -0.05) is 45.9 Å². The minimum absolute atomic E-state index is 0.114. The number of aromatic nitrogens is 1. The maximum Gasteiger partial charge on any atom is 0.251 e. The van der Waals surface area contributed by atoms with E-state index in [9.17, 15) is 14.7 Å². The molecule has 1 aromatic heterocycles. The molecule has 5 heteroatoms. The predicted molar refractivity (Wildman–Crippen MR) is 101 cm³/mol. The molecule has 0 aliphatic carbocycles. The number of aliphatic hydroxyl groups is 1. The molecule has 25 heavy (non-hydrogen) atoms. The summed E-state index contributed by atoms with van der Waals surface area (Å²) in [4.78, 5) is 27.1. The Balaban J connectivity index is 1.94. The Labute approximate surface area is 148 Å². The van der Waals surface area contributed by atoms with Gasteiger partial charge in [0.05, 0.1) is 6.10 Å². The molecule has 1 aromatic carbocycles. The van der Waals surface area contributed by atoms with Gasteiger partial charge in [-0.15, -0.1) is 0 Å². The standard InChI is InChI=1S/C20H28N2O3/c1-13(2)18(24)20(3,4)12-21-17(23)10-9-15-11-14-7-5-6-8-16(14)22-19(15)25/h5-8,11,13,18,24H,9-10,12H2,1-4H3,(H,21,23)(H,22,25). The molecule has 136 valence electrons. The lowest BCUT2D eigenvalue weighted by atomic mass is 9.80. The number of para-hydroxylation sites is 1. The van der Waals surface area contributed by atoms with Crippen molar-refractivity contribution < 1.29 is 9.90 Å². The zero-order valence-corrected chi connectivity index (χ0v) is 15.4. The van der Waals surface area contributed by atoms with Gasteiger partial charge in [0.25, 0.3) is 5.56 Å². The number of carbonyl (C=O) groups is 1. The van der Waals surface area contributed by atoms with E-state index in [2.05, 4.69) is 10.3 Å². The zero-order chi connectivity index (χ0) is 18.6. The number of aromatic amines is 1. The van der Waals surface area contributed by atoms with Crippen LogP contribution in [0.2, 0.25) is 0 Å². The van der Waals surface area contributed by atoms with E-state index in [-0.39, 0.29) is 23.8 Å². The van der Waals surface area contributed by atoms with Crippen molar-refractivity contribution in [2.24, 2.45) is 11.3 Å². The van der Waals surface area contributed by atoms with E-state index < -0.39 is 11.5 Å². The second-order valence-corrected chi connectivity index (χ2v) is 7.67. The lowest BCUT2D eigenvalue weighted by Gasteiger charge is -2.33. The summed E-state index contributed by atoms with van der Waals surface area (Å²) >= 11 is 0. The Morgan fingerprint density at radius 1 is 1.28 bits per heavy atom. The third-order valence-electron chi connectivity index (χ3n) is 4.63. The molecule has 0 bridgehead atoms. The molecule has 0 saturated heterocycles. The van der Waals surface area contributed by atoms with Crippen LogP contribution in [-0.2, 0) is 11.2 Å². The Hall–Kier alpha value is -2.14. The number of aryl methyl sites for hydroxylation is 1. The minimum atomic E-state index is -0.490. The molecule has 3 N–H and O–H groups in total. The summed E-state index contributed by atoms with van der Waals surface area (Å²) in [5.74, 6) is 0.0136. The molecular weight excluding hydrogens is 316 g/mol. The molecule has 1 unspecified atom stereocenters. The van der Waals surface area contributed by atoms with Gasteiger partial charge in [-0.05, 0) is 29.9 Å². The van der Waals surface area contributed by atoms with Crippen molar-refractivity contribution in [1.29, 1.82) is 0 Å². The summed E-state index contributed by atoms with van der Waals surface area (Å²) in [5, 5.41) is 14.0. The second-order valence-electron chi connectivity index (χ2n) is 7.67. The molecule has 0 aliphatic rings. The van der Waals surface area contributed by atoms with E-state index in [0.29, 0.717) is 18.5 Å². The van der Waals surface area contributed by atoms with Crippen LogP contribution in [0.25, 0.3) is 10.9 Å². The Morgan fingerprint density at radius 2 is 1.96 bits per heavy atom. The fourth-order valence-electron chi connectivity index (χ4n) is 3.05. The average Bonchev–Trinajstić information content (AvgIpc) is 2.57. The number of benzene rings is 1. The minimum Gasteiger partial charge on any atom is -0.392 e. The van der Waals surface area contributed by atoms with Crippen molar-refractivity contribution in [3.8, 4) is 0 Å². The van der Waals surface area contributed by atoms with Crippen LogP contribution in [0.1, 0.15) is 39.7 Å². The molecule has 5 nitrogen and oxygen atoms in total. The number of hydrogen-bond acceptors (Lipinski definition) is 3. The molecule has 2 aromatic rings. The van der Waals surface area contributed by atoms with E-state index in [1.165, 1.54) is 0 Å². The third-order valence-corrected chi connectivity index (χ3v) is 4.63. The number of carbonyl (C=O) groups excluding carboxylic acids is 1. The van der Waals surface area contributed by atoms with E-state index in [0.717, 1.165) is 10.9 Å². The average molecular weight is 344 g/mol. The van der Waals surface area contributed by atoms with Gasteiger partial charge in [0.1, 0.15) is 0 Å². The van der Waals surface area contributed by atoms with Crippen molar-refractivity contribution in [2.45, 2.75) is 46.6 Å². The fraction of sp³-hybridized carbons (Fsp3) is 0.500. The van der Waals surface area contributed by atoms with Crippen molar-refractivity contribution in [1.82, 2.24) is 10.3 Å². The maximum absolute atomic E-state index is 12.1. The van der Waals surface area contributed by atoms with Crippen LogP contribution in [0.4, 0.5) is 0 Å². The zero-order valence-electron chi connectivity index (χ0n) is 15.4. The Kier molecular flexibility index (Phi) is 6.01. The van der Waals surface area contributed by atoms with Gasteiger partial charge in [-0.25, -0.2) is 0 Å². The van der Waals surface area contributed by atoms with Crippen LogP contribution in [-0.4, -0.2) is 28.6 Å². The van der Waals surface area contributed by atoms with E-state index in [1.807, 2.05) is 58.0 Å². The van der Waals surface area contributed by atoms with Crippen LogP contribution in [0, 0.1) is 11.3 Å². The van der Waals surface area contributed by atoms with Crippen LogP contribution in [0.3, 0.4) is 0 Å². The number of H-pyrrole nitrogens is 1. The SMILES string of the molecule is CC(C)C(O)C(C)(C)CNC(=O)CCc1cc2ccccc2[nH]c1=O. The highest BCUT2D eigenvalue weighted by molar-refractivity contribution is 5.79. The van der Waals surface area contributed by atoms with Crippen molar-refractivity contribution in [3.05, 3.63) is 46.2 Å². The second kappa shape index (κ2) is 7.83. The summed E-state index contributed by atoms with van der Waals surface area (Å²) in [7, 11) is 0. The smallest absolute Gasteiger partial charge is 0.251 e. The van der Waals surface area contributed by atoms with Gasteiger partial charge in [0, 0.05) is 29.5 Å². The van der Waals surface area contributed by atoms with E-state index in [4.69, 9.17) is 0 Å². The highest BCUT2D eigenvalue weighted by Gasteiger charge is 2.30. The molecule has 2 rings (SSSR count). The number of hydrogen-bond donors (Lipinski definition) is 3. The molecule has 0 spiro atoms. The van der Waals surface area contributed by atoms with Gasteiger partial charge in [-0.3, -0.25) is 9.59 Å². The number of fused-ring (bicyclic) bond motifs is 1. The number of rotatable bonds is 7. The molecule has 1 atom stereocenters. The molecule has 1 heterocycles. The predicted octanol–water partition coefficient (Wildman–Crippen LogP) is 2.62. The third kappa shape index (κ3) is 4.92. The van der Waals surface area contributed by atoms with Crippen LogP contribution < -0.4 is 10.9 Å². The van der Waals surface area contributed by atoms with Gasteiger partial charge in [0.2, 0.25) is 5.91 Å². The summed E-state index contributed by atoms with van der Waals surface area (Å²) in [6, 6.07) is 9.42. The van der Waals surface area contributed by atoms with Gasteiger partial charge < -0.3 is 15.4 Å². The molecule has 0 saturated carbocycles. The number of amides is 1. The van der Waals surface area contributed by atoms with Crippen molar-refractivity contribution >= 4 is 16.8 Å². The van der Waals surface area contributed by atoms with Crippen LogP contribution in [0.5, 0.6) is 0 Å². The number of aliphatic hydroxyl groups excluding tert-OH is 1. The quantitative estimate of drug-likeness (QED) is 0.722. The van der Waals surface area contributed by atoms with Crippen LogP contribution >= 0.6 is 0 Å². The summed E-state index contributed by atoms with van der Waals surface area (Å²) in [6.07, 6.45) is 0.144. The van der Waals surface area contributed by atoms with Crippen molar-refractivity contribution in [2.75, 3.05) is 6.54 Å². The van der Waals surface area contributed by atoms with E-state index >= 15 is 0 Å². The van der Waals surface area contributed by atoms with E-state index in [1.54, 1.807) is 0 Å². The summed E-state index contributed by atoms with van der Waals surface area (Å²) in [5.41, 5.74) is 0.854. The normalized spacial score (nSPS) is 13.2. The molecule has 1 amide bonds. The lowest BCUT2D eigenvalue weighted by molar-refractivity contribution is -0.122. The van der Waals surface area contributed by atoms with Gasteiger partial charge >= 0.3 is 0 Å². The first-order valence-electron chi connectivity index (χ1n) is 8.76. The first kappa shape index (κ1) is 19.2.